The van der Waals surface area contributed by atoms with Crippen LogP contribution in [0.15, 0.2) is 22.7 Å². The topological polar surface area (TPSA) is 20.3 Å². The number of thioether (sulfide) groups is 1. The highest BCUT2D eigenvalue weighted by Crippen LogP contribution is 2.25. The summed E-state index contributed by atoms with van der Waals surface area (Å²) in [7, 11) is 1.92. The van der Waals surface area contributed by atoms with Gasteiger partial charge in [-0.1, -0.05) is 22.0 Å². The molecule has 0 radical (unpaired) electrons. The third-order valence-electron chi connectivity index (χ3n) is 3.27. The predicted molar refractivity (Wildman–Crippen MR) is 76.7 cm³/mol. The SMILES string of the molecule is Cc1c(Br)cccc1C(=O)N(C)C1CCSC1. The Kier molecular flexibility index (Phi) is 4.15. The van der Waals surface area contributed by atoms with E-state index >= 15 is 0 Å². The van der Waals surface area contributed by atoms with Gasteiger partial charge >= 0.3 is 0 Å². The van der Waals surface area contributed by atoms with E-state index in [1.165, 1.54) is 5.75 Å². The molecule has 1 unspecified atom stereocenters. The Morgan fingerprint density at radius 3 is 2.94 bits per heavy atom. The largest absolute Gasteiger partial charge is 0.338 e. The van der Waals surface area contributed by atoms with E-state index in [2.05, 4.69) is 15.9 Å². The van der Waals surface area contributed by atoms with E-state index in [4.69, 9.17) is 0 Å². The van der Waals surface area contributed by atoms with Crippen LogP contribution in [0.25, 0.3) is 0 Å². The first-order valence-corrected chi connectivity index (χ1v) is 7.66. The van der Waals surface area contributed by atoms with Crippen LogP contribution in [0, 0.1) is 6.92 Å². The van der Waals surface area contributed by atoms with Crippen LogP contribution in [0.2, 0.25) is 0 Å². The van der Waals surface area contributed by atoms with E-state index in [1.54, 1.807) is 0 Å². The second-order valence-electron chi connectivity index (χ2n) is 4.35. The van der Waals surface area contributed by atoms with Crippen molar-refractivity contribution >= 4 is 33.6 Å². The molecule has 1 aromatic rings. The second kappa shape index (κ2) is 5.44. The van der Waals surface area contributed by atoms with Gasteiger partial charge in [-0.2, -0.15) is 11.8 Å². The van der Waals surface area contributed by atoms with Gasteiger partial charge in [-0.25, -0.2) is 0 Å². The maximum absolute atomic E-state index is 12.4. The van der Waals surface area contributed by atoms with Crippen LogP contribution in [0.5, 0.6) is 0 Å². The van der Waals surface area contributed by atoms with E-state index in [0.717, 1.165) is 27.8 Å². The Balaban J connectivity index is 2.21. The van der Waals surface area contributed by atoms with Gasteiger partial charge in [0.25, 0.3) is 5.91 Å². The predicted octanol–water partition coefficient (Wildman–Crippen LogP) is 3.34. The summed E-state index contributed by atoms with van der Waals surface area (Å²) < 4.78 is 0.998. The molecule has 4 heteroatoms. The number of carbonyl (C=O) groups excluding carboxylic acids is 1. The highest BCUT2D eigenvalue weighted by atomic mass is 79.9. The highest BCUT2D eigenvalue weighted by molar-refractivity contribution is 9.10. The van der Waals surface area contributed by atoms with Gasteiger partial charge in [0.15, 0.2) is 0 Å². The summed E-state index contributed by atoms with van der Waals surface area (Å²) in [5.41, 5.74) is 1.83. The molecular weight excluding hydrogens is 298 g/mol. The Bertz CT molecular complexity index is 429. The molecule has 1 aliphatic rings. The molecule has 0 saturated carbocycles. The van der Waals surface area contributed by atoms with Gasteiger partial charge in [0.2, 0.25) is 0 Å². The molecule has 0 N–H and O–H groups in total. The molecule has 2 rings (SSSR count). The standard InChI is InChI=1S/C13H16BrNOS/c1-9-11(4-3-5-12(9)14)13(16)15(2)10-6-7-17-8-10/h3-5,10H,6-8H2,1-2H3. The lowest BCUT2D eigenvalue weighted by Crippen LogP contribution is -2.37. The summed E-state index contributed by atoms with van der Waals surface area (Å²) in [4.78, 5) is 14.3. The molecule has 1 saturated heterocycles. The molecule has 1 aliphatic heterocycles. The zero-order chi connectivity index (χ0) is 12.4. The van der Waals surface area contributed by atoms with Crippen molar-refractivity contribution in [2.45, 2.75) is 19.4 Å². The summed E-state index contributed by atoms with van der Waals surface area (Å²) in [6, 6.07) is 6.19. The molecule has 0 aliphatic carbocycles. The maximum atomic E-state index is 12.4. The number of hydrogen-bond donors (Lipinski definition) is 0. The van der Waals surface area contributed by atoms with Crippen molar-refractivity contribution in [3.63, 3.8) is 0 Å². The number of rotatable bonds is 2. The molecule has 2 nitrogen and oxygen atoms in total. The lowest BCUT2D eigenvalue weighted by Gasteiger charge is -2.24. The van der Waals surface area contributed by atoms with E-state index in [1.807, 2.05) is 48.8 Å². The van der Waals surface area contributed by atoms with Crippen LogP contribution in [0.3, 0.4) is 0 Å². The van der Waals surface area contributed by atoms with Crippen LogP contribution in [0.4, 0.5) is 0 Å². The van der Waals surface area contributed by atoms with E-state index in [9.17, 15) is 4.79 Å². The van der Waals surface area contributed by atoms with Gasteiger partial charge in [-0.05, 0) is 36.8 Å². The minimum Gasteiger partial charge on any atom is -0.338 e. The molecule has 92 valence electrons. The Labute approximate surface area is 115 Å². The second-order valence-corrected chi connectivity index (χ2v) is 6.35. The number of halogens is 1. The normalized spacial score (nSPS) is 19.4. The average Bonchev–Trinajstić information content (AvgIpc) is 2.84. The summed E-state index contributed by atoms with van der Waals surface area (Å²) in [6.45, 7) is 1.98. The number of benzene rings is 1. The lowest BCUT2D eigenvalue weighted by molar-refractivity contribution is 0.0747. The summed E-state index contributed by atoms with van der Waals surface area (Å²) in [5.74, 6) is 2.37. The smallest absolute Gasteiger partial charge is 0.254 e. The first-order chi connectivity index (χ1) is 8.11. The van der Waals surface area contributed by atoms with E-state index in [-0.39, 0.29) is 5.91 Å². The summed E-state index contributed by atoms with van der Waals surface area (Å²) in [6.07, 6.45) is 1.11. The van der Waals surface area contributed by atoms with Crippen molar-refractivity contribution in [2.75, 3.05) is 18.6 Å². The first-order valence-electron chi connectivity index (χ1n) is 5.71. The summed E-state index contributed by atoms with van der Waals surface area (Å²) >= 11 is 5.40. The Morgan fingerprint density at radius 2 is 2.29 bits per heavy atom. The van der Waals surface area contributed by atoms with Crippen molar-refractivity contribution in [1.82, 2.24) is 4.90 Å². The highest BCUT2D eigenvalue weighted by Gasteiger charge is 2.25. The third-order valence-corrected chi connectivity index (χ3v) is 5.28. The van der Waals surface area contributed by atoms with Crippen molar-refractivity contribution in [1.29, 1.82) is 0 Å². The number of hydrogen-bond acceptors (Lipinski definition) is 2. The molecule has 1 aromatic carbocycles. The van der Waals surface area contributed by atoms with Gasteiger partial charge < -0.3 is 4.90 Å². The fraction of sp³-hybridized carbons (Fsp3) is 0.462. The fourth-order valence-electron chi connectivity index (χ4n) is 2.02. The van der Waals surface area contributed by atoms with Gasteiger partial charge in [0.1, 0.15) is 0 Å². The molecule has 0 aromatic heterocycles. The van der Waals surface area contributed by atoms with Gasteiger partial charge in [0.05, 0.1) is 0 Å². The van der Waals surface area contributed by atoms with Crippen LogP contribution < -0.4 is 0 Å². The van der Waals surface area contributed by atoms with Gasteiger partial charge in [-0.15, -0.1) is 0 Å². The van der Waals surface area contributed by atoms with Gasteiger partial charge in [0, 0.05) is 28.9 Å². The summed E-state index contributed by atoms with van der Waals surface area (Å²) in [5, 5.41) is 0. The van der Waals surface area contributed by atoms with Crippen molar-refractivity contribution in [3.05, 3.63) is 33.8 Å². The number of carbonyl (C=O) groups is 1. The lowest BCUT2D eigenvalue weighted by atomic mass is 10.1. The van der Waals surface area contributed by atoms with Crippen molar-refractivity contribution in [2.24, 2.45) is 0 Å². The number of amides is 1. The third kappa shape index (κ3) is 2.68. The van der Waals surface area contributed by atoms with Gasteiger partial charge in [-0.3, -0.25) is 4.79 Å². The Hall–Kier alpha value is -0.480. The molecule has 1 fully saturated rings. The first kappa shape index (κ1) is 13.0. The Morgan fingerprint density at radius 1 is 1.53 bits per heavy atom. The molecule has 1 atom stereocenters. The minimum absolute atomic E-state index is 0.135. The zero-order valence-corrected chi connectivity index (χ0v) is 12.5. The molecule has 0 spiro atoms. The molecule has 0 bridgehead atoms. The fourth-order valence-corrected chi connectivity index (χ4v) is 3.66. The molecule has 17 heavy (non-hydrogen) atoms. The monoisotopic (exact) mass is 313 g/mol. The quantitative estimate of drug-likeness (QED) is 0.834. The minimum atomic E-state index is 0.135. The molecule has 1 amide bonds. The molecule has 1 heterocycles. The molecular formula is C13H16BrNOS. The number of nitrogens with zero attached hydrogens (tertiary/aromatic N) is 1. The van der Waals surface area contributed by atoms with E-state index < -0.39 is 0 Å². The zero-order valence-electron chi connectivity index (χ0n) is 10.1. The van der Waals surface area contributed by atoms with Crippen LogP contribution >= 0.6 is 27.7 Å². The van der Waals surface area contributed by atoms with Crippen LogP contribution in [-0.4, -0.2) is 35.4 Å². The van der Waals surface area contributed by atoms with Crippen LogP contribution in [-0.2, 0) is 0 Å². The average molecular weight is 314 g/mol. The van der Waals surface area contributed by atoms with E-state index in [0.29, 0.717) is 6.04 Å². The van der Waals surface area contributed by atoms with Crippen molar-refractivity contribution < 1.29 is 4.79 Å². The van der Waals surface area contributed by atoms with Crippen molar-refractivity contribution in [3.8, 4) is 0 Å². The van der Waals surface area contributed by atoms with Crippen LogP contribution in [0.1, 0.15) is 22.3 Å². The maximum Gasteiger partial charge on any atom is 0.254 e.